The third-order valence-corrected chi connectivity index (χ3v) is 5.73. The van der Waals surface area contributed by atoms with Crippen molar-refractivity contribution in [3.63, 3.8) is 0 Å². The molecule has 1 unspecified atom stereocenters. The van der Waals surface area contributed by atoms with Gasteiger partial charge >= 0.3 is 0 Å². The average Bonchev–Trinajstić information content (AvgIpc) is 2.38. The Labute approximate surface area is 133 Å². The first-order valence-electron chi connectivity index (χ1n) is 7.49. The molecule has 0 aliphatic heterocycles. The monoisotopic (exact) mass is 326 g/mol. The highest BCUT2D eigenvalue weighted by molar-refractivity contribution is 7.91. The number of hydrogen-bond donors (Lipinski definition) is 2. The Morgan fingerprint density at radius 2 is 2.00 bits per heavy atom. The molecule has 0 fully saturated rings. The van der Waals surface area contributed by atoms with Gasteiger partial charge in [-0.25, -0.2) is 8.42 Å². The smallest absolute Gasteiger partial charge is 0.244 e. The van der Waals surface area contributed by atoms with E-state index in [4.69, 9.17) is 5.73 Å². The van der Waals surface area contributed by atoms with Gasteiger partial charge in [-0.15, -0.1) is 0 Å². The molecule has 0 aliphatic rings. The van der Waals surface area contributed by atoms with Crippen LogP contribution in [0.4, 0.5) is 5.69 Å². The van der Waals surface area contributed by atoms with E-state index in [0.717, 1.165) is 6.42 Å². The summed E-state index contributed by atoms with van der Waals surface area (Å²) >= 11 is 0. The summed E-state index contributed by atoms with van der Waals surface area (Å²) in [5.41, 5.74) is 6.27. The van der Waals surface area contributed by atoms with Gasteiger partial charge in [0.15, 0.2) is 9.84 Å². The van der Waals surface area contributed by atoms with E-state index in [9.17, 15) is 13.2 Å². The number of sulfone groups is 1. The van der Waals surface area contributed by atoms with Gasteiger partial charge in [-0.2, -0.15) is 0 Å². The maximum absolute atomic E-state index is 12.2. The molecule has 1 rings (SSSR count). The second-order valence-electron chi connectivity index (χ2n) is 6.18. The Balaban J connectivity index is 2.87. The van der Waals surface area contributed by atoms with Crippen LogP contribution in [0, 0.1) is 0 Å². The van der Waals surface area contributed by atoms with E-state index in [1.54, 1.807) is 45.0 Å². The summed E-state index contributed by atoms with van der Waals surface area (Å²) in [6.07, 6.45) is 1.40. The summed E-state index contributed by atoms with van der Waals surface area (Å²) < 4.78 is 23.9. The lowest BCUT2D eigenvalue weighted by Crippen LogP contribution is -2.48. The van der Waals surface area contributed by atoms with E-state index in [0.29, 0.717) is 17.7 Å². The lowest BCUT2D eigenvalue weighted by atomic mass is 9.96. The first-order chi connectivity index (χ1) is 10.1. The van der Waals surface area contributed by atoms with Crippen molar-refractivity contribution in [3.05, 3.63) is 29.8 Å². The molecule has 5 nitrogen and oxygen atoms in total. The van der Waals surface area contributed by atoms with E-state index < -0.39 is 20.6 Å². The predicted octanol–water partition coefficient (Wildman–Crippen LogP) is 2.47. The highest BCUT2D eigenvalue weighted by Gasteiger charge is 2.27. The molecule has 0 radical (unpaired) electrons. The van der Waals surface area contributed by atoms with E-state index in [1.165, 1.54) is 0 Å². The molecule has 0 aliphatic carbocycles. The lowest BCUT2D eigenvalue weighted by Gasteiger charge is -2.23. The van der Waals surface area contributed by atoms with Crippen LogP contribution in [0.3, 0.4) is 0 Å². The Morgan fingerprint density at radius 3 is 2.55 bits per heavy atom. The van der Waals surface area contributed by atoms with Crippen molar-refractivity contribution in [1.82, 2.24) is 0 Å². The van der Waals surface area contributed by atoms with Gasteiger partial charge in [0.2, 0.25) is 5.91 Å². The molecule has 0 aromatic heterocycles. The molecule has 124 valence electrons. The number of rotatable bonds is 7. The topological polar surface area (TPSA) is 89.3 Å². The zero-order chi connectivity index (χ0) is 17.0. The molecule has 0 bridgehead atoms. The molecular formula is C16H26N2O3S. The van der Waals surface area contributed by atoms with Gasteiger partial charge in [-0.05, 0) is 44.9 Å². The first kappa shape index (κ1) is 18.6. The van der Waals surface area contributed by atoms with E-state index >= 15 is 0 Å². The SMILES string of the molecule is CCCC(C)(N)C(=O)Nc1cccc(CS(=O)(=O)C(C)C)c1. The quantitative estimate of drug-likeness (QED) is 0.805. The van der Waals surface area contributed by atoms with Crippen molar-refractivity contribution < 1.29 is 13.2 Å². The first-order valence-corrected chi connectivity index (χ1v) is 9.21. The zero-order valence-electron chi connectivity index (χ0n) is 13.7. The summed E-state index contributed by atoms with van der Waals surface area (Å²) in [6.45, 7) is 6.98. The van der Waals surface area contributed by atoms with Gasteiger partial charge in [0.25, 0.3) is 0 Å². The fourth-order valence-corrected chi connectivity index (χ4v) is 3.02. The maximum Gasteiger partial charge on any atom is 0.244 e. The van der Waals surface area contributed by atoms with Gasteiger partial charge in [0.05, 0.1) is 16.5 Å². The molecule has 3 N–H and O–H groups in total. The maximum atomic E-state index is 12.2. The van der Waals surface area contributed by atoms with Crippen molar-refractivity contribution in [2.24, 2.45) is 5.73 Å². The van der Waals surface area contributed by atoms with Gasteiger partial charge in [0.1, 0.15) is 0 Å². The number of hydrogen-bond acceptors (Lipinski definition) is 4. The number of nitrogens with two attached hydrogens (primary N) is 1. The predicted molar refractivity (Wildman–Crippen MR) is 90.3 cm³/mol. The molecule has 0 heterocycles. The van der Waals surface area contributed by atoms with Gasteiger partial charge < -0.3 is 11.1 Å². The molecule has 6 heteroatoms. The van der Waals surface area contributed by atoms with Crippen LogP contribution in [0.15, 0.2) is 24.3 Å². The van der Waals surface area contributed by atoms with Crippen LogP contribution in [-0.2, 0) is 20.4 Å². The van der Waals surface area contributed by atoms with Crippen LogP contribution in [0.5, 0.6) is 0 Å². The van der Waals surface area contributed by atoms with Crippen molar-refractivity contribution in [2.45, 2.75) is 57.1 Å². The van der Waals surface area contributed by atoms with Crippen LogP contribution in [0.25, 0.3) is 0 Å². The van der Waals surface area contributed by atoms with Gasteiger partial charge in [-0.1, -0.05) is 25.5 Å². The zero-order valence-corrected chi connectivity index (χ0v) is 14.5. The minimum atomic E-state index is -3.17. The van der Waals surface area contributed by atoms with E-state index in [-0.39, 0.29) is 11.7 Å². The van der Waals surface area contributed by atoms with Crippen LogP contribution >= 0.6 is 0 Å². The molecular weight excluding hydrogens is 300 g/mol. The number of nitrogens with one attached hydrogen (secondary N) is 1. The number of amides is 1. The Hall–Kier alpha value is -1.40. The van der Waals surface area contributed by atoms with Crippen molar-refractivity contribution in [1.29, 1.82) is 0 Å². The van der Waals surface area contributed by atoms with Gasteiger partial charge in [0, 0.05) is 5.69 Å². The molecule has 22 heavy (non-hydrogen) atoms. The normalized spacial score (nSPS) is 14.6. The third kappa shape index (κ3) is 5.10. The second kappa shape index (κ2) is 7.24. The minimum absolute atomic E-state index is 0.0385. The standard InChI is InChI=1S/C16H26N2O3S/c1-5-9-16(4,17)15(19)18-14-8-6-7-13(10-14)11-22(20,21)12(2)3/h6-8,10,12H,5,9,11,17H2,1-4H3,(H,18,19). The fourth-order valence-electron chi connectivity index (χ4n) is 2.04. The number of carbonyl (C=O) groups excluding carboxylic acids is 1. The van der Waals surface area contributed by atoms with Crippen molar-refractivity contribution in [3.8, 4) is 0 Å². The molecule has 0 saturated carbocycles. The van der Waals surface area contributed by atoms with Crippen LogP contribution in [-0.4, -0.2) is 25.1 Å². The number of carbonyl (C=O) groups is 1. The summed E-state index contributed by atoms with van der Waals surface area (Å²) in [6, 6.07) is 6.88. The molecule has 0 spiro atoms. The fraction of sp³-hybridized carbons (Fsp3) is 0.562. The van der Waals surface area contributed by atoms with Crippen LogP contribution in [0.1, 0.15) is 46.1 Å². The van der Waals surface area contributed by atoms with Crippen LogP contribution < -0.4 is 11.1 Å². The lowest BCUT2D eigenvalue weighted by molar-refractivity contribution is -0.120. The molecule has 1 aromatic carbocycles. The molecule has 1 amide bonds. The Morgan fingerprint density at radius 1 is 1.36 bits per heavy atom. The molecule has 0 saturated heterocycles. The van der Waals surface area contributed by atoms with Crippen LogP contribution in [0.2, 0.25) is 0 Å². The highest BCUT2D eigenvalue weighted by atomic mass is 32.2. The second-order valence-corrected chi connectivity index (χ2v) is 8.74. The third-order valence-electron chi connectivity index (χ3n) is 3.56. The van der Waals surface area contributed by atoms with E-state index in [1.807, 2.05) is 6.92 Å². The summed E-state index contributed by atoms with van der Waals surface area (Å²) in [5.74, 6) is -0.304. The number of anilines is 1. The molecule has 1 atom stereocenters. The number of benzene rings is 1. The summed E-state index contributed by atoms with van der Waals surface area (Å²) in [4.78, 5) is 12.2. The van der Waals surface area contributed by atoms with Crippen molar-refractivity contribution in [2.75, 3.05) is 5.32 Å². The highest BCUT2D eigenvalue weighted by Crippen LogP contribution is 2.18. The summed E-state index contributed by atoms with van der Waals surface area (Å²) in [7, 11) is -3.17. The van der Waals surface area contributed by atoms with E-state index in [2.05, 4.69) is 5.32 Å². The Bertz CT molecular complexity index is 622. The largest absolute Gasteiger partial charge is 0.324 e. The minimum Gasteiger partial charge on any atom is -0.324 e. The Kier molecular flexibility index (Phi) is 6.14. The summed E-state index contributed by atoms with van der Waals surface area (Å²) in [5, 5.41) is 2.34. The average molecular weight is 326 g/mol. The van der Waals surface area contributed by atoms with Gasteiger partial charge in [-0.3, -0.25) is 4.79 Å². The van der Waals surface area contributed by atoms with Crippen molar-refractivity contribution >= 4 is 21.4 Å². The molecule has 1 aromatic rings.